The van der Waals surface area contributed by atoms with Crippen LogP contribution in [0.15, 0.2) is 42.5 Å². The summed E-state index contributed by atoms with van der Waals surface area (Å²) >= 11 is 0. The third-order valence-corrected chi connectivity index (χ3v) is 4.76. The van der Waals surface area contributed by atoms with Crippen LogP contribution in [-0.2, 0) is 11.3 Å². The zero-order valence-corrected chi connectivity index (χ0v) is 17.9. The number of amides is 1. The molecule has 0 unspecified atom stereocenters. The van der Waals surface area contributed by atoms with Crippen LogP contribution in [0, 0.1) is 17.2 Å². The highest BCUT2D eigenvalue weighted by molar-refractivity contribution is 5.95. The van der Waals surface area contributed by atoms with Gasteiger partial charge in [-0.1, -0.05) is 26.0 Å². The number of rotatable bonds is 8. The topological polar surface area (TPSA) is 76.3 Å². The highest BCUT2D eigenvalue weighted by Crippen LogP contribution is 2.35. The lowest BCUT2D eigenvalue weighted by molar-refractivity contribution is 0.147. The maximum Gasteiger partial charge on any atom is 0.411 e. The number of nitrogens with zero attached hydrogens (tertiary/aromatic N) is 2. The lowest BCUT2D eigenvalue weighted by Crippen LogP contribution is -2.16. The van der Waals surface area contributed by atoms with Crippen LogP contribution in [0.5, 0.6) is 5.75 Å². The average Bonchev–Trinajstić information content (AvgIpc) is 3.09. The summed E-state index contributed by atoms with van der Waals surface area (Å²) in [5.74, 6) is 0.823. The van der Waals surface area contributed by atoms with Crippen LogP contribution in [0.4, 0.5) is 14.9 Å². The van der Waals surface area contributed by atoms with Crippen molar-refractivity contribution in [2.75, 3.05) is 25.2 Å². The number of carbonyl (C=O) groups is 1. The maximum absolute atomic E-state index is 12.5. The van der Waals surface area contributed by atoms with Crippen LogP contribution < -0.4 is 10.1 Å². The van der Waals surface area contributed by atoms with Gasteiger partial charge in [-0.05, 0) is 42.7 Å². The van der Waals surface area contributed by atoms with E-state index in [1.807, 2.05) is 49.6 Å². The molecule has 0 aliphatic heterocycles. The monoisotopic (exact) mass is 423 g/mol. The van der Waals surface area contributed by atoms with Crippen molar-refractivity contribution in [3.05, 3.63) is 48.0 Å². The number of hydrogen-bond donors (Lipinski definition) is 1. The fourth-order valence-corrected chi connectivity index (χ4v) is 3.42. The number of carbonyl (C=O) groups excluding carboxylic acids is 1. The number of alkyl halides is 1. The predicted molar refractivity (Wildman–Crippen MR) is 119 cm³/mol. The number of aromatic nitrogens is 1. The molecule has 1 N–H and O–H groups in total. The van der Waals surface area contributed by atoms with Crippen molar-refractivity contribution < 1.29 is 18.7 Å². The SMILES string of the molecule is CCn1c(-c2ccc(NC(=O)OCC(C)C)cc2)c(C#N)c2ccc(OCCF)cc21. The van der Waals surface area contributed by atoms with E-state index in [9.17, 15) is 14.4 Å². The maximum atomic E-state index is 12.5. The molecule has 162 valence electrons. The summed E-state index contributed by atoms with van der Waals surface area (Å²) in [5.41, 5.74) is 3.66. The summed E-state index contributed by atoms with van der Waals surface area (Å²) in [7, 11) is 0. The van der Waals surface area contributed by atoms with Crippen molar-refractivity contribution in [2.24, 2.45) is 5.92 Å². The van der Waals surface area contributed by atoms with E-state index >= 15 is 0 Å². The number of hydrogen-bond acceptors (Lipinski definition) is 4. The Morgan fingerprint density at radius 2 is 1.97 bits per heavy atom. The van der Waals surface area contributed by atoms with E-state index in [2.05, 4.69) is 11.4 Å². The zero-order valence-electron chi connectivity index (χ0n) is 17.9. The molecule has 0 atom stereocenters. The number of halogens is 1. The Labute approximate surface area is 181 Å². The van der Waals surface area contributed by atoms with Crippen LogP contribution >= 0.6 is 0 Å². The minimum absolute atomic E-state index is 0.00955. The van der Waals surface area contributed by atoms with Crippen LogP contribution in [0.3, 0.4) is 0 Å². The quantitative estimate of drug-likeness (QED) is 0.500. The van der Waals surface area contributed by atoms with E-state index in [-0.39, 0.29) is 12.5 Å². The van der Waals surface area contributed by atoms with Gasteiger partial charge in [-0.3, -0.25) is 5.32 Å². The number of aryl methyl sites for hydroxylation is 1. The summed E-state index contributed by atoms with van der Waals surface area (Å²) in [4.78, 5) is 11.9. The Morgan fingerprint density at radius 1 is 1.23 bits per heavy atom. The van der Waals surface area contributed by atoms with Crippen molar-refractivity contribution in [3.8, 4) is 23.1 Å². The molecule has 6 nitrogen and oxygen atoms in total. The normalized spacial score (nSPS) is 10.8. The molecule has 0 aliphatic rings. The number of benzene rings is 2. The molecule has 3 rings (SSSR count). The van der Waals surface area contributed by atoms with E-state index in [1.54, 1.807) is 18.2 Å². The van der Waals surface area contributed by atoms with Gasteiger partial charge < -0.3 is 14.0 Å². The third kappa shape index (κ3) is 4.97. The Balaban J connectivity index is 1.94. The van der Waals surface area contributed by atoms with E-state index in [4.69, 9.17) is 9.47 Å². The Hall–Kier alpha value is -3.53. The minimum atomic E-state index is -0.563. The Morgan fingerprint density at radius 3 is 2.58 bits per heavy atom. The van der Waals surface area contributed by atoms with Gasteiger partial charge in [-0.15, -0.1) is 0 Å². The van der Waals surface area contributed by atoms with Gasteiger partial charge in [-0.2, -0.15) is 5.26 Å². The van der Waals surface area contributed by atoms with Crippen molar-refractivity contribution in [1.29, 1.82) is 5.26 Å². The molecule has 0 radical (unpaired) electrons. The molecule has 0 bridgehead atoms. The first kappa shape index (κ1) is 22.2. The second kappa shape index (κ2) is 9.98. The molecule has 0 saturated heterocycles. The molecule has 0 spiro atoms. The van der Waals surface area contributed by atoms with E-state index < -0.39 is 12.8 Å². The Kier molecular flexibility index (Phi) is 7.14. The lowest BCUT2D eigenvalue weighted by atomic mass is 10.1. The molecular weight excluding hydrogens is 397 g/mol. The first-order valence-corrected chi connectivity index (χ1v) is 10.3. The Bertz CT molecular complexity index is 1100. The van der Waals surface area contributed by atoms with Crippen LogP contribution in [0.1, 0.15) is 26.3 Å². The van der Waals surface area contributed by atoms with Gasteiger partial charge in [-0.25, -0.2) is 9.18 Å². The number of nitriles is 1. The standard InChI is InChI=1S/C24H26FN3O3/c1-4-28-22-13-19(30-12-11-25)9-10-20(22)21(14-26)23(28)17-5-7-18(8-6-17)27-24(29)31-15-16(2)3/h5-10,13,16H,4,11-12,15H2,1-3H3,(H,27,29). The van der Waals surface area contributed by atoms with Crippen LogP contribution in [0.2, 0.25) is 0 Å². The molecule has 1 heterocycles. The minimum Gasteiger partial charge on any atom is -0.491 e. The van der Waals surface area contributed by atoms with Crippen molar-refractivity contribution in [1.82, 2.24) is 4.57 Å². The molecule has 1 aromatic heterocycles. The van der Waals surface area contributed by atoms with E-state index in [1.165, 1.54) is 0 Å². The highest BCUT2D eigenvalue weighted by Gasteiger charge is 2.18. The smallest absolute Gasteiger partial charge is 0.411 e. The third-order valence-electron chi connectivity index (χ3n) is 4.76. The molecule has 0 aliphatic carbocycles. The van der Waals surface area contributed by atoms with Gasteiger partial charge in [0.1, 0.15) is 25.1 Å². The molecule has 31 heavy (non-hydrogen) atoms. The molecule has 0 saturated carbocycles. The predicted octanol–water partition coefficient (Wildman–Crippen LogP) is 5.75. The summed E-state index contributed by atoms with van der Waals surface area (Å²) in [5, 5.41) is 13.4. The van der Waals surface area contributed by atoms with Crippen molar-refractivity contribution in [2.45, 2.75) is 27.3 Å². The van der Waals surface area contributed by atoms with Crippen LogP contribution in [0.25, 0.3) is 22.2 Å². The molecular formula is C24H26FN3O3. The lowest BCUT2D eigenvalue weighted by Gasteiger charge is -2.11. The molecule has 0 fully saturated rings. The first-order chi connectivity index (χ1) is 15.0. The van der Waals surface area contributed by atoms with Gasteiger partial charge in [0.05, 0.1) is 23.4 Å². The van der Waals surface area contributed by atoms with E-state index in [0.717, 1.165) is 22.2 Å². The van der Waals surface area contributed by atoms with Gasteiger partial charge in [0.2, 0.25) is 0 Å². The summed E-state index contributed by atoms with van der Waals surface area (Å²) in [6.45, 7) is 6.36. The molecule has 1 amide bonds. The number of fused-ring (bicyclic) bond motifs is 1. The van der Waals surface area contributed by atoms with Crippen molar-refractivity contribution in [3.63, 3.8) is 0 Å². The number of anilines is 1. The van der Waals surface area contributed by atoms with Crippen molar-refractivity contribution >= 4 is 22.7 Å². The fraction of sp³-hybridized carbons (Fsp3) is 0.333. The van der Waals surface area contributed by atoms with Crippen LogP contribution in [-0.4, -0.2) is 30.5 Å². The largest absolute Gasteiger partial charge is 0.491 e. The second-order valence-electron chi connectivity index (χ2n) is 7.49. The fourth-order valence-electron chi connectivity index (χ4n) is 3.42. The number of nitrogens with one attached hydrogen (secondary N) is 1. The highest BCUT2D eigenvalue weighted by atomic mass is 19.1. The number of ether oxygens (including phenoxy) is 2. The summed E-state index contributed by atoms with van der Waals surface area (Å²) < 4.78 is 25.1. The van der Waals surface area contributed by atoms with Gasteiger partial charge in [0.25, 0.3) is 0 Å². The van der Waals surface area contributed by atoms with Gasteiger partial charge in [0.15, 0.2) is 0 Å². The van der Waals surface area contributed by atoms with E-state index in [0.29, 0.717) is 30.2 Å². The first-order valence-electron chi connectivity index (χ1n) is 10.3. The molecule has 7 heteroatoms. The molecule has 2 aromatic carbocycles. The summed E-state index contributed by atoms with van der Waals surface area (Å²) in [6.07, 6.45) is -0.498. The molecule has 3 aromatic rings. The van der Waals surface area contributed by atoms with Gasteiger partial charge >= 0.3 is 6.09 Å². The zero-order chi connectivity index (χ0) is 22.4. The second-order valence-corrected chi connectivity index (χ2v) is 7.49. The van der Waals surface area contributed by atoms with Gasteiger partial charge in [0, 0.05) is 23.7 Å². The average molecular weight is 423 g/mol. The summed E-state index contributed by atoms with van der Waals surface area (Å²) in [6, 6.07) is 15.0.